The number of fused-ring (bicyclic) bond motifs is 1. The van der Waals surface area contributed by atoms with Gasteiger partial charge in [0, 0.05) is 30.1 Å². The number of hydrogen-bond acceptors (Lipinski definition) is 5. The third-order valence-corrected chi connectivity index (χ3v) is 3.84. The fraction of sp³-hybridized carbons (Fsp3) is 0.429. The van der Waals surface area contributed by atoms with Crippen LogP contribution >= 0.6 is 0 Å². The van der Waals surface area contributed by atoms with Crippen LogP contribution < -0.4 is 10.6 Å². The lowest BCUT2D eigenvalue weighted by molar-refractivity contribution is 0.136. The monoisotopic (exact) mass is 258 g/mol. The van der Waals surface area contributed by atoms with Gasteiger partial charge in [0.1, 0.15) is 12.1 Å². The summed E-state index contributed by atoms with van der Waals surface area (Å²) in [4.78, 5) is 10.9. The number of aliphatic hydroxyl groups excluding tert-OH is 1. The molecule has 0 spiro atoms. The molecule has 0 radical (unpaired) electrons. The Hall–Kier alpha value is -1.88. The molecule has 1 fully saturated rings. The van der Waals surface area contributed by atoms with Crippen LogP contribution in [-0.4, -0.2) is 34.3 Å². The Morgan fingerprint density at radius 2 is 2.26 bits per heavy atom. The second-order valence-corrected chi connectivity index (χ2v) is 5.21. The number of aliphatic hydroxyl groups is 1. The van der Waals surface area contributed by atoms with Crippen LogP contribution in [0.25, 0.3) is 10.9 Å². The largest absolute Gasteiger partial charge is 0.399 e. The molecule has 2 heterocycles. The van der Waals surface area contributed by atoms with E-state index in [0.717, 1.165) is 41.9 Å². The highest BCUT2D eigenvalue weighted by molar-refractivity contribution is 5.91. The number of anilines is 2. The van der Waals surface area contributed by atoms with Crippen molar-refractivity contribution in [3.63, 3.8) is 0 Å². The number of hydrogen-bond donors (Lipinski definition) is 2. The van der Waals surface area contributed by atoms with Crippen molar-refractivity contribution < 1.29 is 5.11 Å². The molecule has 5 nitrogen and oxygen atoms in total. The predicted molar refractivity (Wildman–Crippen MR) is 76.0 cm³/mol. The Labute approximate surface area is 112 Å². The summed E-state index contributed by atoms with van der Waals surface area (Å²) in [6.45, 7) is 3.60. The van der Waals surface area contributed by atoms with Gasteiger partial charge in [-0.3, -0.25) is 0 Å². The van der Waals surface area contributed by atoms with Crippen LogP contribution in [0.15, 0.2) is 24.5 Å². The summed E-state index contributed by atoms with van der Waals surface area (Å²) in [7, 11) is 0. The summed E-state index contributed by atoms with van der Waals surface area (Å²) in [5.41, 5.74) is 7.47. The Morgan fingerprint density at radius 1 is 1.42 bits per heavy atom. The van der Waals surface area contributed by atoms with Crippen molar-refractivity contribution >= 4 is 22.4 Å². The van der Waals surface area contributed by atoms with Crippen LogP contribution in [0.5, 0.6) is 0 Å². The van der Waals surface area contributed by atoms with Gasteiger partial charge in [0.25, 0.3) is 0 Å². The molecular formula is C14H18N4O. The third kappa shape index (κ3) is 2.21. The van der Waals surface area contributed by atoms with Crippen molar-refractivity contribution in [2.75, 3.05) is 23.7 Å². The highest BCUT2D eigenvalue weighted by Gasteiger charge is 2.27. The number of nitrogens with two attached hydrogens (primary N) is 1. The van der Waals surface area contributed by atoms with Crippen molar-refractivity contribution in [2.24, 2.45) is 5.92 Å². The van der Waals surface area contributed by atoms with Crippen molar-refractivity contribution in [3.8, 4) is 0 Å². The van der Waals surface area contributed by atoms with Gasteiger partial charge in [-0.05, 0) is 31.5 Å². The second kappa shape index (κ2) is 4.66. The van der Waals surface area contributed by atoms with Crippen molar-refractivity contribution in [1.82, 2.24) is 9.97 Å². The SMILES string of the molecule is CC(O)C1CCN(c2ncnc3ccc(N)cc23)C1. The summed E-state index contributed by atoms with van der Waals surface area (Å²) in [5.74, 6) is 1.23. The van der Waals surface area contributed by atoms with E-state index in [1.807, 2.05) is 25.1 Å². The van der Waals surface area contributed by atoms with E-state index in [0.29, 0.717) is 5.92 Å². The lowest BCUT2D eigenvalue weighted by Gasteiger charge is -2.20. The fourth-order valence-electron chi connectivity index (χ4n) is 2.69. The molecule has 2 aromatic rings. The molecule has 1 aromatic heterocycles. The Morgan fingerprint density at radius 3 is 3.00 bits per heavy atom. The fourth-order valence-corrected chi connectivity index (χ4v) is 2.69. The van der Waals surface area contributed by atoms with Crippen LogP contribution in [0.3, 0.4) is 0 Å². The van der Waals surface area contributed by atoms with Gasteiger partial charge in [-0.25, -0.2) is 9.97 Å². The molecule has 3 rings (SSSR count). The van der Waals surface area contributed by atoms with Gasteiger partial charge in [0.15, 0.2) is 0 Å². The number of nitrogens with zero attached hydrogens (tertiary/aromatic N) is 3. The summed E-state index contributed by atoms with van der Waals surface area (Å²) < 4.78 is 0. The number of benzene rings is 1. The topological polar surface area (TPSA) is 75.3 Å². The van der Waals surface area contributed by atoms with Crippen molar-refractivity contribution in [3.05, 3.63) is 24.5 Å². The molecule has 0 saturated carbocycles. The first-order chi connectivity index (χ1) is 9.15. The van der Waals surface area contributed by atoms with Crippen LogP contribution in [0.2, 0.25) is 0 Å². The maximum absolute atomic E-state index is 9.69. The smallest absolute Gasteiger partial charge is 0.139 e. The average molecular weight is 258 g/mol. The van der Waals surface area contributed by atoms with E-state index in [9.17, 15) is 5.11 Å². The first kappa shape index (κ1) is 12.2. The first-order valence-electron chi connectivity index (χ1n) is 6.58. The zero-order valence-corrected chi connectivity index (χ0v) is 11.0. The lowest BCUT2D eigenvalue weighted by atomic mass is 10.0. The Balaban J connectivity index is 1.99. The predicted octanol–water partition coefficient (Wildman–Crippen LogP) is 1.42. The molecule has 3 N–H and O–H groups in total. The van der Waals surface area contributed by atoms with E-state index in [-0.39, 0.29) is 6.10 Å². The van der Waals surface area contributed by atoms with Crippen LogP contribution in [-0.2, 0) is 0 Å². The molecule has 2 unspecified atom stereocenters. The summed E-state index contributed by atoms with van der Waals surface area (Å²) >= 11 is 0. The van der Waals surface area contributed by atoms with Gasteiger partial charge in [0.05, 0.1) is 11.6 Å². The van der Waals surface area contributed by atoms with E-state index < -0.39 is 0 Å². The summed E-state index contributed by atoms with van der Waals surface area (Å²) in [6.07, 6.45) is 2.30. The molecule has 1 aliphatic rings. The minimum atomic E-state index is -0.275. The molecule has 0 amide bonds. The van der Waals surface area contributed by atoms with Gasteiger partial charge < -0.3 is 15.7 Å². The molecule has 1 saturated heterocycles. The number of aromatic nitrogens is 2. The third-order valence-electron chi connectivity index (χ3n) is 3.84. The number of rotatable bonds is 2. The summed E-state index contributed by atoms with van der Waals surface area (Å²) in [5, 5.41) is 10.7. The van der Waals surface area contributed by atoms with Gasteiger partial charge in [-0.2, -0.15) is 0 Å². The average Bonchev–Trinajstić information content (AvgIpc) is 2.87. The van der Waals surface area contributed by atoms with E-state index in [1.54, 1.807) is 6.33 Å². The Kier molecular flexibility index (Phi) is 2.98. The van der Waals surface area contributed by atoms with E-state index >= 15 is 0 Å². The van der Waals surface area contributed by atoms with Crippen molar-refractivity contribution in [1.29, 1.82) is 0 Å². The minimum Gasteiger partial charge on any atom is -0.399 e. The van der Waals surface area contributed by atoms with Crippen LogP contribution in [0.1, 0.15) is 13.3 Å². The Bertz CT molecular complexity index is 599. The zero-order chi connectivity index (χ0) is 13.4. The number of nitrogen functional groups attached to an aromatic ring is 1. The van der Waals surface area contributed by atoms with E-state index in [2.05, 4.69) is 14.9 Å². The van der Waals surface area contributed by atoms with Crippen LogP contribution in [0.4, 0.5) is 11.5 Å². The molecule has 5 heteroatoms. The van der Waals surface area contributed by atoms with Crippen LogP contribution in [0, 0.1) is 5.92 Å². The van der Waals surface area contributed by atoms with E-state index in [4.69, 9.17) is 5.73 Å². The summed E-state index contributed by atoms with van der Waals surface area (Å²) in [6, 6.07) is 5.68. The highest BCUT2D eigenvalue weighted by Crippen LogP contribution is 2.30. The van der Waals surface area contributed by atoms with Gasteiger partial charge in [0.2, 0.25) is 0 Å². The molecule has 0 bridgehead atoms. The maximum Gasteiger partial charge on any atom is 0.139 e. The molecule has 1 aliphatic heterocycles. The van der Waals surface area contributed by atoms with Gasteiger partial charge in [-0.1, -0.05) is 0 Å². The molecule has 1 aromatic carbocycles. The molecule has 100 valence electrons. The molecule has 0 aliphatic carbocycles. The van der Waals surface area contributed by atoms with Gasteiger partial charge in [-0.15, -0.1) is 0 Å². The quantitative estimate of drug-likeness (QED) is 0.797. The van der Waals surface area contributed by atoms with Gasteiger partial charge >= 0.3 is 0 Å². The molecular weight excluding hydrogens is 240 g/mol. The molecule has 2 atom stereocenters. The highest BCUT2D eigenvalue weighted by atomic mass is 16.3. The molecule has 19 heavy (non-hydrogen) atoms. The minimum absolute atomic E-state index is 0.275. The van der Waals surface area contributed by atoms with Crippen molar-refractivity contribution in [2.45, 2.75) is 19.4 Å². The standard InChI is InChI=1S/C14H18N4O/c1-9(19)10-4-5-18(7-10)14-12-6-11(15)2-3-13(12)16-8-17-14/h2-3,6,8-10,19H,4-5,7,15H2,1H3. The first-order valence-corrected chi connectivity index (χ1v) is 6.58. The lowest BCUT2D eigenvalue weighted by Crippen LogP contribution is -2.24. The van der Waals surface area contributed by atoms with E-state index in [1.165, 1.54) is 0 Å². The zero-order valence-electron chi connectivity index (χ0n) is 11.0. The normalized spacial score (nSPS) is 20.9. The maximum atomic E-state index is 9.69. The second-order valence-electron chi connectivity index (χ2n) is 5.21.